The maximum Gasteiger partial charge on any atom is 0.157 e. The van der Waals surface area contributed by atoms with Crippen molar-refractivity contribution in [1.82, 2.24) is 4.37 Å². The number of anilines is 2. The highest BCUT2D eigenvalue weighted by Crippen LogP contribution is 2.35. The fraction of sp³-hybridized carbons (Fsp3) is 0.692. The van der Waals surface area contributed by atoms with E-state index in [0.717, 1.165) is 5.00 Å². The highest BCUT2D eigenvalue weighted by molar-refractivity contribution is 7.10. The van der Waals surface area contributed by atoms with E-state index in [1.54, 1.807) is 0 Å². The Labute approximate surface area is 112 Å². The predicted molar refractivity (Wildman–Crippen MR) is 75.4 cm³/mol. The van der Waals surface area contributed by atoms with Gasteiger partial charge in [0.2, 0.25) is 0 Å². The molecule has 0 spiro atoms. The third-order valence-corrected chi connectivity index (χ3v) is 4.62. The van der Waals surface area contributed by atoms with Gasteiger partial charge in [-0.1, -0.05) is 26.7 Å². The van der Waals surface area contributed by atoms with Crippen molar-refractivity contribution in [2.75, 3.05) is 11.1 Å². The molecule has 0 bridgehead atoms. The maximum absolute atomic E-state index is 9.09. The molecule has 0 saturated heterocycles. The van der Waals surface area contributed by atoms with Gasteiger partial charge in [0.05, 0.1) is 0 Å². The van der Waals surface area contributed by atoms with Crippen molar-refractivity contribution in [3.63, 3.8) is 0 Å². The molecule has 3 N–H and O–H groups in total. The number of hydrogen-bond acceptors (Lipinski definition) is 5. The summed E-state index contributed by atoms with van der Waals surface area (Å²) in [6.07, 6.45) is 5.02. The summed E-state index contributed by atoms with van der Waals surface area (Å²) in [6.45, 7) is 4.55. The zero-order chi connectivity index (χ0) is 13.1. The van der Waals surface area contributed by atoms with Gasteiger partial charge in [0.15, 0.2) is 5.82 Å². The van der Waals surface area contributed by atoms with Crippen LogP contribution in [0.2, 0.25) is 0 Å². The number of rotatable bonds is 3. The molecule has 18 heavy (non-hydrogen) atoms. The van der Waals surface area contributed by atoms with E-state index in [1.807, 2.05) is 0 Å². The van der Waals surface area contributed by atoms with E-state index in [2.05, 4.69) is 29.6 Å². The number of hydrogen-bond donors (Lipinski definition) is 2. The van der Waals surface area contributed by atoms with Crippen molar-refractivity contribution in [1.29, 1.82) is 5.26 Å². The Hall–Kier alpha value is -1.28. The second kappa shape index (κ2) is 5.57. The number of nitrogens with one attached hydrogen (secondary N) is 1. The number of nitrogen functional groups attached to an aromatic ring is 1. The molecule has 2 atom stereocenters. The molecule has 1 aliphatic carbocycles. The Morgan fingerprint density at radius 2 is 2.17 bits per heavy atom. The summed E-state index contributed by atoms with van der Waals surface area (Å²) >= 11 is 1.30. The van der Waals surface area contributed by atoms with Crippen molar-refractivity contribution in [2.24, 2.45) is 11.8 Å². The van der Waals surface area contributed by atoms with E-state index in [-0.39, 0.29) is 0 Å². The minimum Gasteiger partial charge on any atom is -0.382 e. The molecule has 1 aromatic heterocycles. The fourth-order valence-corrected chi connectivity index (χ4v) is 3.54. The van der Waals surface area contributed by atoms with Crippen LogP contribution in [0.5, 0.6) is 0 Å². The van der Waals surface area contributed by atoms with Crippen molar-refractivity contribution >= 4 is 22.4 Å². The van der Waals surface area contributed by atoms with Gasteiger partial charge in [0, 0.05) is 6.04 Å². The van der Waals surface area contributed by atoms with Crippen molar-refractivity contribution < 1.29 is 0 Å². The third kappa shape index (κ3) is 2.59. The monoisotopic (exact) mass is 264 g/mol. The Morgan fingerprint density at radius 3 is 2.83 bits per heavy atom. The van der Waals surface area contributed by atoms with Crippen LogP contribution >= 0.6 is 11.5 Å². The molecular weight excluding hydrogens is 244 g/mol. The zero-order valence-corrected chi connectivity index (χ0v) is 11.8. The van der Waals surface area contributed by atoms with Gasteiger partial charge in [-0.25, -0.2) is 0 Å². The predicted octanol–water partition coefficient (Wildman–Crippen LogP) is 3.22. The quantitative estimate of drug-likeness (QED) is 0.879. The van der Waals surface area contributed by atoms with Crippen LogP contribution in [0.25, 0.3) is 0 Å². The molecular formula is C13H20N4S. The molecule has 5 heteroatoms. The van der Waals surface area contributed by atoms with E-state index in [1.165, 1.54) is 37.2 Å². The topological polar surface area (TPSA) is 74.7 Å². The molecule has 4 nitrogen and oxygen atoms in total. The van der Waals surface area contributed by atoms with Crippen LogP contribution in [-0.4, -0.2) is 10.4 Å². The van der Waals surface area contributed by atoms with Gasteiger partial charge >= 0.3 is 0 Å². The average Bonchev–Trinajstić information content (AvgIpc) is 2.70. The van der Waals surface area contributed by atoms with Crippen LogP contribution in [0.3, 0.4) is 0 Å². The number of aromatic nitrogens is 1. The van der Waals surface area contributed by atoms with E-state index in [4.69, 9.17) is 11.0 Å². The summed E-state index contributed by atoms with van der Waals surface area (Å²) < 4.78 is 4.06. The van der Waals surface area contributed by atoms with Gasteiger partial charge in [-0.05, 0) is 36.2 Å². The lowest BCUT2D eigenvalue weighted by Crippen LogP contribution is -2.35. The maximum atomic E-state index is 9.09. The summed E-state index contributed by atoms with van der Waals surface area (Å²) in [5.74, 6) is 1.69. The van der Waals surface area contributed by atoms with Gasteiger partial charge in [-0.3, -0.25) is 0 Å². The Balaban J connectivity index is 2.14. The average molecular weight is 264 g/mol. The molecule has 1 heterocycles. The first kappa shape index (κ1) is 13.2. The SMILES string of the molecule is CC(C)C1CCCCC1Nc1snc(N)c1C#N. The molecule has 0 aliphatic heterocycles. The van der Waals surface area contributed by atoms with Gasteiger partial charge in [-0.15, -0.1) is 0 Å². The molecule has 0 aromatic carbocycles. The molecule has 0 amide bonds. The first-order valence-electron chi connectivity index (χ1n) is 6.55. The Bertz CT molecular complexity index is 446. The summed E-state index contributed by atoms with van der Waals surface area (Å²) in [5.41, 5.74) is 6.20. The highest BCUT2D eigenvalue weighted by atomic mass is 32.1. The lowest BCUT2D eigenvalue weighted by Gasteiger charge is -2.35. The first-order valence-corrected chi connectivity index (χ1v) is 7.32. The van der Waals surface area contributed by atoms with E-state index >= 15 is 0 Å². The number of nitrogens with two attached hydrogens (primary N) is 1. The van der Waals surface area contributed by atoms with E-state index in [0.29, 0.717) is 29.3 Å². The third-order valence-electron chi connectivity index (χ3n) is 3.82. The summed E-state index contributed by atoms with van der Waals surface area (Å²) in [4.78, 5) is 0. The van der Waals surface area contributed by atoms with Crippen LogP contribution in [0.4, 0.5) is 10.8 Å². The standard InChI is InChI=1S/C13H20N4S/c1-8(2)9-5-3-4-6-11(9)16-13-10(7-14)12(15)17-18-13/h8-9,11,16H,3-6H2,1-2H3,(H2,15,17). The minimum absolute atomic E-state index is 0.349. The normalized spacial score (nSPS) is 23.9. The largest absolute Gasteiger partial charge is 0.382 e. The molecule has 1 fully saturated rings. The van der Waals surface area contributed by atoms with Crippen LogP contribution in [0.15, 0.2) is 0 Å². The van der Waals surface area contributed by atoms with Crippen molar-refractivity contribution in [3.8, 4) is 6.07 Å². The highest BCUT2D eigenvalue weighted by Gasteiger charge is 2.28. The minimum atomic E-state index is 0.349. The van der Waals surface area contributed by atoms with Crippen LogP contribution in [-0.2, 0) is 0 Å². The molecule has 2 unspecified atom stereocenters. The molecule has 0 radical (unpaired) electrons. The lowest BCUT2D eigenvalue weighted by atomic mass is 9.78. The van der Waals surface area contributed by atoms with Gasteiger partial charge in [-0.2, -0.15) is 9.64 Å². The van der Waals surface area contributed by atoms with Crippen LogP contribution in [0.1, 0.15) is 45.1 Å². The first-order chi connectivity index (χ1) is 8.63. The second-order valence-corrected chi connectivity index (χ2v) is 6.10. The lowest BCUT2D eigenvalue weighted by molar-refractivity contribution is 0.254. The van der Waals surface area contributed by atoms with Gasteiger partial charge in [0.25, 0.3) is 0 Å². The number of nitrogens with zero attached hydrogens (tertiary/aromatic N) is 2. The van der Waals surface area contributed by atoms with E-state index in [9.17, 15) is 0 Å². The molecule has 2 rings (SSSR count). The van der Waals surface area contributed by atoms with Crippen LogP contribution in [0, 0.1) is 23.2 Å². The van der Waals surface area contributed by atoms with Crippen molar-refractivity contribution in [3.05, 3.63) is 5.56 Å². The fourth-order valence-electron chi connectivity index (χ4n) is 2.81. The van der Waals surface area contributed by atoms with Gasteiger partial charge < -0.3 is 11.1 Å². The van der Waals surface area contributed by atoms with Crippen LogP contribution < -0.4 is 11.1 Å². The Morgan fingerprint density at radius 1 is 1.44 bits per heavy atom. The van der Waals surface area contributed by atoms with E-state index < -0.39 is 0 Å². The van der Waals surface area contributed by atoms with Crippen molar-refractivity contribution in [2.45, 2.75) is 45.6 Å². The number of nitriles is 1. The summed E-state index contributed by atoms with van der Waals surface area (Å²) in [5, 5.41) is 13.4. The zero-order valence-electron chi connectivity index (χ0n) is 10.9. The summed E-state index contributed by atoms with van der Waals surface area (Å²) in [6, 6.07) is 2.59. The second-order valence-electron chi connectivity index (χ2n) is 5.33. The smallest absolute Gasteiger partial charge is 0.157 e. The van der Waals surface area contributed by atoms with Gasteiger partial charge in [0.1, 0.15) is 16.6 Å². The summed E-state index contributed by atoms with van der Waals surface area (Å²) in [7, 11) is 0. The molecule has 1 aromatic rings. The molecule has 1 saturated carbocycles. The molecule has 98 valence electrons. The molecule has 1 aliphatic rings. The Kier molecular flexibility index (Phi) is 4.07.